The van der Waals surface area contributed by atoms with Gasteiger partial charge in [0.25, 0.3) is 0 Å². The number of piperidine rings is 1. The number of amidine groups is 2. The van der Waals surface area contributed by atoms with E-state index in [1.165, 1.54) is 23.1 Å². The number of benzene rings is 4. The molecule has 12 heteroatoms. The van der Waals surface area contributed by atoms with Gasteiger partial charge >= 0.3 is 0 Å². The van der Waals surface area contributed by atoms with Crippen LogP contribution in [0.1, 0.15) is 59.9 Å². The molecule has 2 heterocycles. The number of phenolic OH excluding ortho intramolecular Hbond substituents is 2. The summed E-state index contributed by atoms with van der Waals surface area (Å²) in [6.07, 6.45) is 4.60. The van der Waals surface area contributed by atoms with Crippen molar-refractivity contribution in [3.8, 4) is 17.2 Å². The van der Waals surface area contributed by atoms with E-state index in [9.17, 15) is 19.8 Å². The molecule has 2 amide bonds. The van der Waals surface area contributed by atoms with Gasteiger partial charge in [0, 0.05) is 41.9 Å². The number of amides is 2. The number of aromatic hydroxyl groups is 2. The molecule has 2 aliphatic rings. The lowest BCUT2D eigenvalue weighted by molar-refractivity contribution is -0.127. The molecule has 53 heavy (non-hydrogen) atoms. The van der Waals surface area contributed by atoms with E-state index in [4.69, 9.17) is 32.1 Å². The SMILES string of the molecule is COc1ccc2c(c1)C(c1ccc(Cl)cc1)=NC(CC(=O)NCc1cccc(C3CCN(C(=O)C=Cc4ccc(O)c(O)c4)CC3)c1)C(=N)N2C(C)=N. The van der Waals surface area contributed by atoms with Crippen molar-refractivity contribution in [2.45, 2.75) is 44.7 Å². The van der Waals surface area contributed by atoms with E-state index < -0.39 is 6.04 Å². The fourth-order valence-corrected chi connectivity index (χ4v) is 6.82. The number of carbonyl (C=O) groups is 2. The third-order valence-corrected chi connectivity index (χ3v) is 9.76. The number of nitrogens with one attached hydrogen (secondary N) is 3. The summed E-state index contributed by atoms with van der Waals surface area (Å²) in [7, 11) is 1.57. The van der Waals surface area contributed by atoms with Crippen LogP contribution in [-0.2, 0) is 16.1 Å². The van der Waals surface area contributed by atoms with Crippen molar-refractivity contribution < 1.29 is 24.5 Å². The number of ether oxygens (including phenoxy) is 1. The number of fused-ring (bicyclic) bond motifs is 1. The van der Waals surface area contributed by atoms with Gasteiger partial charge in [-0.3, -0.25) is 30.3 Å². The first kappa shape index (κ1) is 36.8. The summed E-state index contributed by atoms with van der Waals surface area (Å²) in [5, 5.41) is 40.5. The molecule has 1 unspecified atom stereocenters. The molecule has 272 valence electrons. The lowest BCUT2D eigenvalue weighted by Gasteiger charge is -2.31. The van der Waals surface area contributed by atoms with E-state index in [-0.39, 0.29) is 47.3 Å². The summed E-state index contributed by atoms with van der Waals surface area (Å²) in [5.74, 6) is 0.160. The van der Waals surface area contributed by atoms with E-state index in [0.29, 0.717) is 52.9 Å². The first-order valence-corrected chi connectivity index (χ1v) is 17.7. The fraction of sp³-hybridized carbons (Fsp3) is 0.244. The quantitative estimate of drug-likeness (QED) is 0.0545. The van der Waals surface area contributed by atoms with Crippen molar-refractivity contribution in [3.05, 3.63) is 124 Å². The minimum absolute atomic E-state index is 0.0185. The van der Waals surface area contributed by atoms with Gasteiger partial charge in [-0.1, -0.05) is 54.1 Å². The molecule has 6 rings (SSSR count). The molecule has 0 radical (unpaired) electrons. The zero-order chi connectivity index (χ0) is 37.6. The largest absolute Gasteiger partial charge is 0.504 e. The van der Waals surface area contributed by atoms with Crippen molar-refractivity contribution in [1.82, 2.24) is 10.2 Å². The zero-order valence-corrected chi connectivity index (χ0v) is 30.2. The molecule has 4 aromatic rings. The predicted molar refractivity (Wildman–Crippen MR) is 208 cm³/mol. The number of anilines is 1. The van der Waals surface area contributed by atoms with Crippen molar-refractivity contribution in [1.29, 1.82) is 10.8 Å². The van der Waals surface area contributed by atoms with Crippen LogP contribution in [0.5, 0.6) is 17.2 Å². The number of hydrogen-bond acceptors (Lipinski definition) is 8. The lowest BCUT2D eigenvalue weighted by atomic mass is 9.88. The minimum Gasteiger partial charge on any atom is -0.504 e. The second-order valence-electron chi connectivity index (χ2n) is 13.1. The van der Waals surface area contributed by atoms with Crippen LogP contribution < -0.4 is 15.0 Å². The van der Waals surface area contributed by atoms with Gasteiger partial charge in [-0.15, -0.1) is 0 Å². The normalized spacial score (nSPS) is 16.2. The molecule has 0 spiro atoms. The molecule has 0 aliphatic carbocycles. The Kier molecular flexibility index (Phi) is 11.2. The number of hydrogen-bond donors (Lipinski definition) is 5. The standard InChI is InChI=1S/C41H41ClN6O5/c1-25(43)48-35-13-12-32(53-2)22-33(35)40(29-8-10-31(42)11-9-29)46-34(41(48)44)23-38(51)45-24-27-4-3-5-30(20-27)28-16-18-47(19-17-28)39(52)15-7-26-6-14-36(49)37(50)21-26/h3-15,20-22,28,34,43-44,49-50H,16-19,23-24H2,1-2H3,(H,45,51). The average Bonchev–Trinajstić information content (AvgIpc) is 3.28. The number of rotatable bonds is 9. The highest BCUT2D eigenvalue weighted by molar-refractivity contribution is 6.31. The number of carbonyl (C=O) groups excluding carboxylic acids is 2. The molecule has 0 saturated carbocycles. The average molecular weight is 733 g/mol. The van der Waals surface area contributed by atoms with Crippen LogP contribution in [0.2, 0.25) is 5.02 Å². The molecular weight excluding hydrogens is 692 g/mol. The monoisotopic (exact) mass is 732 g/mol. The second-order valence-corrected chi connectivity index (χ2v) is 13.5. The number of aliphatic imine (C=N–C) groups is 1. The van der Waals surface area contributed by atoms with Crippen LogP contribution in [0.3, 0.4) is 0 Å². The zero-order valence-electron chi connectivity index (χ0n) is 29.5. The van der Waals surface area contributed by atoms with E-state index in [1.54, 1.807) is 55.3 Å². The van der Waals surface area contributed by atoms with Crippen molar-refractivity contribution in [2.75, 3.05) is 25.1 Å². The Morgan fingerprint density at radius 1 is 1.00 bits per heavy atom. The molecular formula is C41H41ClN6O5. The predicted octanol–water partition coefficient (Wildman–Crippen LogP) is 6.89. The Morgan fingerprint density at radius 2 is 1.75 bits per heavy atom. The topological polar surface area (TPSA) is 162 Å². The molecule has 0 aromatic heterocycles. The Morgan fingerprint density at radius 3 is 2.45 bits per heavy atom. The van der Waals surface area contributed by atoms with Gasteiger partial charge in [0.15, 0.2) is 11.5 Å². The third-order valence-electron chi connectivity index (χ3n) is 9.51. The van der Waals surface area contributed by atoms with E-state index in [2.05, 4.69) is 17.4 Å². The van der Waals surface area contributed by atoms with E-state index >= 15 is 0 Å². The Labute approximate surface area is 313 Å². The summed E-state index contributed by atoms with van der Waals surface area (Å²) in [4.78, 5) is 34.6. The van der Waals surface area contributed by atoms with Gasteiger partial charge < -0.3 is 25.2 Å². The number of nitrogens with zero attached hydrogens (tertiary/aromatic N) is 3. The highest BCUT2D eigenvalue weighted by Crippen LogP contribution is 2.34. The smallest absolute Gasteiger partial charge is 0.246 e. The Bertz CT molecular complexity index is 2110. The number of phenols is 2. The molecule has 4 aromatic carbocycles. The first-order chi connectivity index (χ1) is 25.5. The number of benzodiazepines with no additional fused rings is 1. The number of likely N-dealkylation sites (tertiary alicyclic amines) is 1. The highest BCUT2D eigenvalue weighted by atomic mass is 35.5. The maximum absolute atomic E-state index is 13.5. The van der Waals surface area contributed by atoms with Gasteiger partial charge in [-0.05, 0) is 90.9 Å². The van der Waals surface area contributed by atoms with Crippen LogP contribution in [0, 0.1) is 10.8 Å². The van der Waals surface area contributed by atoms with Crippen LogP contribution in [0.25, 0.3) is 6.08 Å². The maximum atomic E-state index is 13.5. The van der Waals surface area contributed by atoms with Crippen molar-refractivity contribution >= 4 is 52.6 Å². The fourth-order valence-electron chi connectivity index (χ4n) is 6.69. The minimum atomic E-state index is -0.873. The molecule has 1 fully saturated rings. The van der Waals surface area contributed by atoms with Gasteiger partial charge in [-0.25, -0.2) is 0 Å². The van der Waals surface area contributed by atoms with Gasteiger partial charge in [0.2, 0.25) is 11.8 Å². The molecule has 0 bridgehead atoms. The lowest BCUT2D eigenvalue weighted by Crippen LogP contribution is -2.42. The molecule has 2 aliphatic heterocycles. The van der Waals surface area contributed by atoms with Crippen LogP contribution in [0.4, 0.5) is 5.69 Å². The first-order valence-electron chi connectivity index (χ1n) is 17.3. The highest BCUT2D eigenvalue weighted by Gasteiger charge is 2.32. The summed E-state index contributed by atoms with van der Waals surface area (Å²) in [6.45, 7) is 3.10. The van der Waals surface area contributed by atoms with Crippen molar-refractivity contribution in [2.24, 2.45) is 4.99 Å². The summed E-state index contributed by atoms with van der Waals surface area (Å²) >= 11 is 6.20. The maximum Gasteiger partial charge on any atom is 0.246 e. The Hall–Kier alpha value is -5.94. The van der Waals surface area contributed by atoms with Crippen LogP contribution >= 0.6 is 11.6 Å². The van der Waals surface area contributed by atoms with Gasteiger partial charge in [0.1, 0.15) is 23.5 Å². The second kappa shape index (κ2) is 16.2. The summed E-state index contributed by atoms with van der Waals surface area (Å²) in [5.41, 5.74) is 5.29. The summed E-state index contributed by atoms with van der Waals surface area (Å²) in [6, 6.07) is 24.3. The molecule has 11 nitrogen and oxygen atoms in total. The molecule has 1 saturated heterocycles. The molecule has 5 N–H and O–H groups in total. The number of methoxy groups -OCH3 is 1. The summed E-state index contributed by atoms with van der Waals surface area (Å²) < 4.78 is 5.51. The van der Waals surface area contributed by atoms with E-state index in [1.807, 2.05) is 30.3 Å². The van der Waals surface area contributed by atoms with Gasteiger partial charge in [0.05, 0.1) is 24.9 Å². The third kappa shape index (κ3) is 8.58. The van der Waals surface area contributed by atoms with Crippen molar-refractivity contribution in [3.63, 3.8) is 0 Å². The van der Waals surface area contributed by atoms with Gasteiger partial charge in [-0.2, -0.15) is 0 Å². The van der Waals surface area contributed by atoms with Crippen LogP contribution in [0.15, 0.2) is 96.0 Å². The molecule has 1 atom stereocenters. The van der Waals surface area contributed by atoms with Crippen LogP contribution in [-0.4, -0.2) is 70.6 Å². The van der Waals surface area contributed by atoms with E-state index in [0.717, 1.165) is 29.5 Å². The Balaban J connectivity index is 1.11. The number of halogens is 1.